The maximum atomic E-state index is 12.6. The molecule has 2 aromatic rings. The average Bonchev–Trinajstić information content (AvgIpc) is 3.11. The number of amides is 2. The molecule has 2 bridgehead atoms. The molecule has 126 valence electrons. The van der Waals surface area contributed by atoms with Crippen LogP contribution in [0.3, 0.4) is 0 Å². The highest BCUT2D eigenvalue weighted by Crippen LogP contribution is 2.32. The third-order valence-electron chi connectivity index (χ3n) is 5.22. The second-order valence-electron chi connectivity index (χ2n) is 6.64. The molecule has 0 saturated carbocycles. The predicted molar refractivity (Wildman–Crippen MR) is 97.3 cm³/mol. The van der Waals surface area contributed by atoms with Gasteiger partial charge in [-0.25, -0.2) is 9.78 Å². The molecule has 1 N–H and O–H groups in total. The summed E-state index contributed by atoms with van der Waals surface area (Å²) < 4.78 is 0. The van der Waals surface area contributed by atoms with Crippen molar-refractivity contribution in [1.82, 2.24) is 14.8 Å². The molecular formula is C18H22N4OS. The third-order valence-corrected chi connectivity index (χ3v) is 6.18. The maximum absolute atomic E-state index is 12.6. The fraction of sp³-hybridized carbons (Fsp3) is 0.444. The molecular weight excluding hydrogens is 320 g/mol. The number of carbonyl (C=O) groups excluding carboxylic acids is 1. The summed E-state index contributed by atoms with van der Waals surface area (Å²) in [6, 6.07) is 10.4. The van der Waals surface area contributed by atoms with Gasteiger partial charge in [0.25, 0.3) is 0 Å². The van der Waals surface area contributed by atoms with E-state index in [1.807, 2.05) is 36.3 Å². The van der Waals surface area contributed by atoms with Crippen molar-refractivity contribution in [3.05, 3.63) is 36.5 Å². The molecule has 1 aromatic heterocycles. The lowest BCUT2D eigenvalue weighted by atomic mass is 9.83. The Morgan fingerprint density at radius 2 is 2.04 bits per heavy atom. The summed E-state index contributed by atoms with van der Waals surface area (Å²) in [5.74, 6) is 0.641. The molecule has 0 radical (unpaired) electrons. The van der Waals surface area contributed by atoms with Crippen molar-refractivity contribution in [2.75, 3.05) is 32.0 Å². The van der Waals surface area contributed by atoms with Gasteiger partial charge in [-0.05, 0) is 37.4 Å². The molecule has 5 nitrogen and oxygen atoms in total. The second kappa shape index (κ2) is 6.53. The Morgan fingerprint density at radius 3 is 2.71 bits per heavy atom. The van der Waals surface area contributed by atoms with Crippen LogP contribution >= 0.6 is 11.3 Å². The van der Waals surface area contributed by atoms with Crippen LogP contribution in [0.1, 0.15) is 12.8 Å². The first kappa shape index (κ1) is 15.6. The summed E-state index contributed by atoms with van der Waals surface area (Å²) in [5, 5.41) is 3.62. The highest BCUT2D eigenvalue weighted by atomic mass is 32.1. The average molecular weight is 342 g/mol. The monoisotopic (exact) mass is 342 g/mol. The quantitative estimate of drug-likeness (QED) is 0.930. The van der Waals surface area contributed by atoms with Crippen LogP contribution < -0.4 is 5.32 Å². The number of thiazole rings is 1. The Hall–Kier alpha value is -1.92. The molecule has 3 saturated heterocycles. The number of benzene rings is 1. The minimum absolute atomic E-state index is 0.0530. The molecule has 2 amide bonds. The van der Waals surface area contributed by atoms with Crippen molar-refractivity contribution in [2.45, 2.75) is 18.9 Å². The smallest absolute Gasteiger partial charge is 0.323 e. The number of nitrogens with one attached hydrogen (secondary N) is 1. The van der Waals surface area contributed by atoms with Gasteiger partial charge >= 0.3 is 6.03 Å². The molecule has 4 heterocycles. The van der Waals surface area contributed by atoms with E-state index in [1.54, 1.807) is 0 Å². The van der Waals surface area contributed by atoms with Crippen molar-refractivity contribution < 1.29 is 4.79 Å². The molecule has 0 aliphatic carbocycles. The van der Waals surface area contributed by atoms with Crippen LogP contribution in [-0.2, 0) is 0 Å². The number of aromatic nitrogens is 1. The summed E-state index contributed by atoms with van der Waals surface area (Å²) in [4.78, 5) is 22.4. The number of anilines is 1. The molecule has 24 heavy (non-hydrogen) atoms. The van der Waals surface area contributed by atoms with Crippen LogP contribution in [0.15, 0.2) is 36.5 Å². The van der Waals surface area contributed by atoms with Gasteiger partial charge in [0.1, 0.15) is 0 Å². The van der Waals surface area contributed by atoms with Crippen LogP contribution in [-0.4, -0.2) is 53.5 Å². The van der Waals surface area contributed by atoms with E-state index in [0.717, 1.165) is 17.0 Å². The first-order valence-corrected chi connectivity index (χ1v) is 9.30. The molecule has 0 unspecified atom stereocenters. The normalized spacial score (nSPS) is 25.5. The topological polar surface area (TPSA) is 48.5 Å². The Bertz CT molecular complexity index is 709. The van der Waals surface area contributed by atoms with E-state index in [4.69, 9.17) is 0 Å². The number of urea groups is 1. The molecule has 1 aromatic carbocycles. The number of nitrogens with zero attached hydrogens (tertiary/aromatic N) is 3. The summed E-state index contributed by atoms with van der Waals surface area (Å²) >= 11 is 1.51. The van der Waals surface area contributed by atoms with E-state index < -0.39 is 0 Å². The van der Waals surface area contributed by atoms with Gasteiger partial charge in [-0.1, -0.05) is 41.7 Å². The number of hydrogen-bond acceptors (Lipinski definition) is 4. The summed E-state index contributed by atoms with van der Waals surface area (Å²) in [6.07, 6.45) is 4.24. The second-order valence-corrected chi connectivity index (χ2v) is 7.67. The van der Waals surface area contributed by atoms with E-state index >= 15 is 0 Å². The minimum Gasteiger partial charge on any atom is -0.323 e. The Balaban J connectivity index is 1.42. The number of rotatable bonds is 3. The number of likely N-dealkylation sites (N-methyl/N-ethyl adjacent to an activating group) is 1. The lowest BCUT2D eigenvalue weighted by molar-refractivity contribution is 0.0336. The number of carbonyl (C=O) groups is 1. The molecule has 6 heteroatoms. The van der Waals surface area contributed by atoms with Crippen molar-refractivity contribution in [2.24, 2.45) is 5.92 Å². The zero-order chi connectivity index (χ0) is 16.5. The molecule has 0 spiro atoms. The van der Waals surface area contributed by atoms with E-state index in [9.17, 15) is 4.79 Å². The van der Waals surface area contributed by atoms with E-state index in [1.165, 1.54) is 37.3 Å². The van der Waals surface area contributed by atoms with Crippen LogP contribution in [0.5, 0.6) is 0 Å². The van der Waals surface area contributed by atoms with E-state index in [0.29, 0.717) is 17.1 Å². The van der Waals surface area contributed by atoms with Crippen LogP contribution in [0, 0.1) is 5.92 Å². The standard InChI is InChI=1S/C18H22N4OS/c1-21(15-12-22-9-7-13(15)8-10-22)18(23)20-17-19-11-16(24-17)14-5-3-2-4-6-14/h2-6,11,13,15H,7-10,12H2,1H3,(H,19,20,23)/t15-/m0/s1. The predicted octanol–water partition coefficient (Wildman–Crippen LogP) is 3.37. The van der Waals surface area contributed by atoms with Crippen LogP contribution in [0.4, 0.5) is 9.93 Å². The van der Waals surface area contributed by atoms with Gasteiger partial charge in [0.15, 0.2) is 5.13 Å². The van der Waals surface area contributed by atoms with Gasteiger partial charge < -0.3 is 9.80 Å². The summed E-state index contributed by atoms with van der Waals surface area (Å²) in [7, 11) is 1.91. The lowest BCUT2D eigenvalue weighted by Gasteiger charge is -2.47. The molecule has 1 atom stereocenters. The van der Waals surface area contributed by atoms with Gasteiger partial charge in [-0.2, -0.15) is 0 Å². The molecule has 3 aliphatic heterocycles. The number of fused-ring (bicyclic) bond motifs is 3. The Morgan fingerprint density at radius 1 is 1.29 bits per heavy atom. The fourth-order valence-electron chi connectivity index (χ4n) is 3.77. The minimum atomic E-state index is -0.0530. The van der Waals surface area contributed by atoms with E-state index in [-0.39, 0.29) is 6.03 Å². The van der Waals surface area contributed by atoms with Gasteiger partial charge in [0.2, 0.25) is 0 Å². The highest BCUT2D eigenvalue weighted by molar-refractivity contribution is 7.19. The fourth-order valence-corrected chi connectivity index (χ4v) is 4.58. The van der Waals surface area contributed by atoms with Gasteiger partial charge in [-0.3, -0.25) is 5.32 Å². The summed E-state index contributed by atoms with van der Waals surface area (Å²) in [6.45, 7) is 3.37. The van der Waals surface area contributed by atoms with E-state index in [2.05, 4.69) is 27.3 Å². The number of hydrogen-bond donors (Lipinski definition) is 1. The van der Waals surface area contributed by atoms with Crippen molar-refractivity contribution in [3.63, 3.8) is 0 Å². The largest absolute Gasteiger partial charge is 0.323 e. The van der Waals surface area contributed by atoms with Crippen LogP contribution in [0.25, 0.3) is 10.4 Å². The maximum Gasteiger partial charge on any atom is 0.323 e. The van der Waals surface area contributed by atoms with Crippen LogP contribution in [0.2, 0.25) is 0 Å². The highest BCUT2D eigenvalue weighted by Gasteiger charge is 2.37. The van der Waals surface area contributed by atoms with Gasteiger partial charge in [-0.15, -0.1) is 0 Å². The van der Waals surface area contributed by atoms with Gasteiger partial charge in [0, 0.05) is 25.8 Å². The molecule has 3 fully saturated rings. The lowest BCUT2D eigenvalue weighted by Crippen LogP contribution is -2.58. The Labute approximate surface area is 146 Å². The summed E-state index contributed by atoms with van der Waals surface area (Å²) in [5.41, 5.74) is 1.13. The zero-order valence-electron chi connectivity index (χ0n) is 13.8. The first-order valence-electron chi connectivity index (χ1n) is 8.48. The van der Waals surface area contributed by atoms with Gasteiger partial charge in [0.05, 0.1) is 4.88 Å². The zero-order valence-corrected chi connectivity index (χ0v) is 14.6. The molecule has 3 aliphatic rings. The third kappa shape index (κ3) is 3.03. The molecule has 5 rings (SSSR count). The van der Waals surface area contributed by atoms with Crippen molar-refractivity contribution in [1.29, 1.82) is 0 Å². The Kier molecular flexibility index (Phi) is 4.24. The first-order chi connectivity index (χ1) is 11.7. The van der Waals surface area contributed by atoms with Crippen molar-refractivity contribution >= 4 is 22.5 Å². The number of piperidine rings is 3. The SMILES string of the molecule is CN(C(=O)Nc1ncc(-c2ccccc2)s1)[C@H]1CN2CCC1CC2. The van der Waals surface area contributed by atoms with Crippen molar-refractivity contribution in [3.8, 4) is 10.4 Å².